The molecule has 2 aromatic carbocycles. The molecule has 28 heavy (non-hydrogen) atoms. The summed E-state index contributed by atoms with van der Waals surface area (Å²) in [5.74, 6) is -0.218. The molecule has 5 nitrogen and oxygen atoms in total. The van der Waals surface area contributed by atoms with Crippen molar-refractivity contribution < 1.29 is 4.79 Å². The summed E-state index contributed by atoms with van der Waals surface area (Å²) in [6.07, 6.45) is 0. The minimum Gasteiger partial charge on any atom is -0.348 e. The van der Waals surface area contributed by atoms with Crippen molar-refractivity contribution in [2.75, 3.05) is 0 Å². The van der Waals surface area contributed by atoms with Crippen LogP contribution >= 0.6 is 0 Å². The van der Waals surface area contributed by atoms with Gasteiger partial charge in [0.15, 0.2) is 0 Å². The van der Waals surface area contributed by atoms with Gasteiger partial charge in [0.1, 0.15) is 0 Å². The topological polar surface area (TPSA) is 74.8 Å². The molecule has 0 aliphatic carbocycles. The summed E-state index contributed by atoms with van der Waals surface area (Å²) in [6, 6.07) is 15.3. The van der Waals surface area contributed by atoms with Crippen molar-refractivity contribution in [3.05, 3.63) is 86.8 Å². The van der Waals surface area contributed by atoms with E-state index in [-0.39, 0.29) is 18.0 Å². The molecule has 0 atom stereocenters. The highest BCUT2D eigenvalue weighted by Gasteiger charge is 2.14. The largest absolute Gasteiger partial charge is 0.348 e. The standard InChI is InChI=1S/C23H21N3O2/c1-13-7-8-16-11-17(22(27)26-20(16)9-13)12-24-23(28)19-10-15(3)25-21-14(2)5-4-6-18(19)21/h4-11H,12H2,1-3H3,(H,24,28)(H,26,27). The zero-order chi connectivity index (χ0) is 19.8. The zero-order valence-corrected chi connectivity index (χ0v) is 16.1. The van der Waals surface area contributed by atoms with E-state index in [1.807, 2.05) is 63.2 Å². The molecule has 0 bridgehead atoms. The molecule has 4 aromatic rings. The Balaban J connectivity index is 1.65. The summed E-state index contributed by atoms with van der Waals surface area (Å²) in [5.41, 5.74) is 5.42. The van der Waals surface area contributed by atoms with Crippen molar-refractivity contribution in [3.8, 4) is 0 Å². The van der Waals surface area contributed by atoms with Gasteiger partial charge in [-0.05, 0) is 55.5 Å². The Kier molecular flexibility index (Phi) is 4.43. The molecule has 1 amide bonds. The van der Waals surface area contributed by atoms with Crippen LogP contribution in [0, 0.1) is 20.8 Å². The number of nitrogens with one attached hydrogen (secondary N) is 2. The molecule has 0 saturated heterocycles. The highest BCUT2D eigenvalue weighted by Crippen LogP contribution is 2.21. The summed E-state index contributed by atoms with van der Waals surface area (Å²) < 4.78 is 0. The Morgan fingerprint density at radius 2 is 1.89 bits per heavy atom. The first-order chi connectivity index (χ1) is 13.4. The number of aromatic amines is 1. The van der Waals surface area contributed by atoms with E-state index < -0.39 is 0 Å². The van der Waals surface area contributed by atoms with Crippen LogP contribution in [0.4, 0.5) is 0 Å². The fourth-order valence-electron chi connectivity index (χ4n) is 3.47. The van der Waals surface area contributed by atoms with Gasteiger partial charge in [-0.25, -0.2) is 0 Å². The van der Waals surface area contributed by atoms with Crippen LogP contribution < -0.4 is 10.9 Å². The van der Waals surface area contributed by atoms with Crippen LogP contribution in [-0.4, -0.2) is 15.9 Å². The van der Waals surface area contributed by atoms with Crippen LogP contribution in [0.5, 0.6) is 0 Å². The van der Waals surface area contributed by atoms with E-state index in [1.54, 1.807) is 6.07 Å². The van der Waals surface area contributed by atoms with Crippen molar-refractivity contribution in [1.82, 2.24) is 15.3 Å². The average Bonchev–Trinajstić information content (AvgIpc) is 2.66. The second-order valence-electron chi connectivity index (χ2n) is 7.18. The summed E-state index contributed by atoms with van der Waals surface area (Å²) in [4.78, 5) is 32.7. The Hall–Kier alpha value is -3.47. The number of amides is 1. The van der Waals surface area contributed by atoms with Gasteiger partial charge in [0.05, 0.1) is 11.1 Å². The van der Waals surface area contributed by atoms with Gasteiger partial charge in [-0.2, -0.15) is 0 Å². The number of fused-ring (bicyclic) bond motifs is 2. The highest BCUT2D eigenvalue weighted by atomic mass is 16.1. The van der Waals surface area contributed by atoms with Gasteiger partial charge >= 0.3 is 0 Å². The van der Waals surface area contributed by atoms with E-state index >= 15 is 0 Å². The van der Waals surface area contributed by atoms with Gasteiger partial charge < -0.3 is 10.3 Å². The normalized spacial score (nSPS) is 11.1. The lowest BCUT2D eigenvalue weighted by Crippen LogP contribution is -2.27. The van der Waals surface area contributed by atoms with Crippen LogP contribution in [0.25, 0.3) is 21.8 Å². The zero-order valence-electron chi connectivity index (χ0n) is 16.1. The highest BCUT2D eigenvalue weighted by molar-refractivity contribution is 6.06. The lowest BCUT2D eigenvalue weighted by Gasteiger charge is -2.11. The smallest absolute Gasteiger partial charge is 0.253 e. The molecule has 5 heteroatoms. The minimum atomic E-state index is -0.218. The van der Waals surface area contributed by atoms with E-state index in [9.17, 15) is 9.59 Å². The first-order valence-electron chi connectivity index (χ1n) is 9.20. The van der Waals surface area contributed by atoms with Crippen molar-refractivity contribution in [1.29, 1.82) is 0 Å². The number of aryl methyl sites for hydroxylation is 3. The maximum atomic E-state index is 12.9. The van der Waals surface area contributed by atoms with Gasteiger partial charge in [-0.1, -0.05) is 30.3 Å². The second-order valence-corrected chi connectivity index (χ2v) is 7.18. The quantitative estimate of drug-likeness (QED) is 0.573. The van der Waals surface area contributed by atoms with Crippen molar-refractivity contribution in [2.45, 2.75) is 27.3 Å². The molecule has 0 saturated carbocycles. The fraction of sp³-hybridized carbons (Fsp3) is 0.174. The molecule has 0 unspecified atom stereocenters. The van der Waals surface area contributed by atoms with Gasteiger partial charge in [-0.3, -0.25) is 14.6 Å². The molecule has 2 N–H and O–H groups in total. The van der Waals surface area contributed by atoms with Crippen LogP contribution in [0.15, 0.2) is 53.3 Å². The van der Waals surface area contributed by atoms with Crippen molar-refractivity contribution >= 4 is 27.7 Å². The maximum absolute atomic E-state index is 12.9. The van der Waals surface area contributed by atoms with E-state index in [2.05, 4.69) is 15.3 Å². The molecule has 2 aromatic heterocycles. The average molecular weight is 371 g/mol. The number of para-hydroxylation sites is 1. The predicted molar refractivity (Wildman–Crippen MR) is 112 cm³/mol. The maximum Gasteiger partial charge on any atom is 0.253 e. The first kappa shape index (κ1) is 17.9. The molecule has 0 aliphatic heterocycles. The van der Waals surface area contributed by atoms with Gasteiger partial charge in [0, 0.05) is 28.7 Å². The second kappa shape index (κ2) is 6.93. The molecule has 0 radical (unpaired) electrons. The molecule has 140 valence electrons. The predicted octanol–water partition coefficient (Wildman–Crippen LogP) is 3.93. The lowest BCUT2D eigenvalue weighted by molar-refractivity contribution is 0.0952. The number of hydrogen-bond acceptors (Lipinski definition) is 3. The van der Waals surface area contributed by atoms with E-state index in [4.69, 9.17) is 0 Å². The number of benzene rings is 2. The molecule has 0 fully saturated rings. The van der Waals surface area contributed by atoms with Gasteiger partial charge in [-0.15, -0.1) is 0 Å². The summed E-state index contributed by atoms with van der Waals surface area (Å²) in [6.45, 7) is 5.99. The number of hydrogen-bond donors (Lipinski definition) is 2. The van der Waals surface area contributed by atoms with Crippen molar-refractivity contribution in [2.24, 2.45) is 0 Å². The summed E-state index contributed by atoms with van der Waals surface area (Å²) in [5, 5.41) is 4.64. The number of carbonyl (C=O) groups excluding carboxylic acids is 1. The number of H-pyrrole nitrogens is 1. The lowest BCUT2D eigenvalue weighted by atomic mass is 10.0. The number of pyridine rings is 2. The number of aromatic nitrogens is 2. The number of carbonyl (C=O) groups is 1. The van der Waals surface area contributed by atoms with Crippen LogP contribution in [0.1, 0.15) is 32.7 Å². The first-order valence-corrected chi connectivity index (χ1v) is 9.20. The third-order valence-electron chi connectivity index (χ3n) is 4.93. The third-order valence-corrected chi connectivity index (χ3v) is 4.93. The molecular formula is C23H21N3O2. The number of nitrogens with zero attached hydrogens (tertiary/aromatic N) is 1. The van der Waals surface area contributed by atoms with Crippen LogP contribution in [0.2, 0.25) is 0 Å². The van der Waals surface area contributed by atoms with Crippen LogP contribution in [0.3, 0.4) is 0 Å². The molecule has 2 heterocycles. The van der Waals surface area contributed by atoms with Crippen LogP contribution in [-0.2, 0) is 6.54 Å². The van der Waals surface area contributed by atoms with E-state index in [0.29, 0.717) is 11.1 Å². The molecule has 0 aliphatic rings. The minimum absolute atomic E-state index is 0.159. The SMILES string of the molecule is Cc1ccc2cc(CNC(=O)c3cc(C)nc4c(C)cccc34)c(=O)[nH]c2c1. The third kappa shape index (κ3) is 3.27. The Morgan fingerprint density at radius 1 is 1.07 bits per heavy atom. The van der Waals surface area contributed by atoms with E-state index in [1.165, 1.54) is 0 Å². The molecule has 4 rings (SSSR count). The van der Waals surface area contributed by atoms with E-state index in [0.717, 1.165) is 38.6 Å². The molecular weight excluding hydrogens is 350 g/mol. The monoisotopic (exact) mass is 371 g/mol. The Labute approximate surface area is 162 Å². The van der Waals surface area contributed by atoms with Crippen molar-refractivity contribution in [3.63, 3.8) is 0 Å². The summed E-state index contributed by atoms with van der Waals surface area (Å²) in [7, 11) is 0. The Bertz CT molecular complexity index is 1290. The summed E-state index contributed by atoms with van der Waals surface area (Å²) >= 11 is 0. The number of rotatable bonds is 3. The molecule has 0 spiro atoms. The fourth-order valence-corrected chi connectivity index (χ4v) is 3.47. The Morgan fingerprint density at radius 3 is 2.71 bits per heavy atom. The van der Waals surface area contributed by atoms with Gasteiger partial charge in [0.2, 0.25) is 0 Å². The van der Waals surface area contributed by atoms with Gasteiger partial charge in [0.25, 0.3) is 11.5 Å².